The number of benzene rings is 4. The number of unbranched alkanes of at least 4 members (excludes halogenated alkanes) is 1. The molecule has 6 rings (SSSR count). The molecule has 0 bridgehead atoms. The summed E-state index contributed by atoms with van der Waals surface area (Å²) in [4.78, 5) is 27.0. The maximum Gasteiger partial charge on any atom is 0.573 e. The van der Waals surface area contributed by atoms with Gasteiger partial charge in [0.15, 0.2) is 0 Å². The van der Waals surface area contributed by atoms with Gasteiger partial charge in [-0.05, 0) is 170 Å². The molecular weight excluding hydrogens is 1210 g/mol. The molecule has 0 saturated carbocycles. The number of hydrogen-bond acceptors (Lipinski definition) is 15. The van der Waals surface area contributed by atoms with E-state index in [-0.39, 0.29) is 90.1 Å². The van der Waals surface area contributed by atoms with Crippen molar-refractivity contribution in [1.29, 1.82) is 0 Å². The third kappa shape index (κ3) is 22.4. The van der Waals surface area contributed by atoms with Crippen LogP contribution in [0.2, 0.25) is 10.0 Å². The number of fused-ring (bicyclic) bond motifs is 2. The van der Waals surface area contributed by atoms with Crippen LogP contribution in [-0.2, 0) is 51.8 Å². The molecule has 0 fully saturated rings. The molecule has 4 amide bonds. The van der Waals surface area contributed by atoms with Gasteiger partial charge in [0.2, 0.25) is 20.0 Å². The van der Waals surface area contributed by atoms with Gasteiger partial charge in [-0.3, -0.25) is 0 Å². The number of aryl methyl sites for hydroxylation is 3. The van der Waals surface area contributed by atoms with E-state index in [0.717, 1.165) is 42.9 Å². The van der Waals surface area contributed by atoms with Crippen molar-refractivity contribution in [3.8, 4) is 17.2 Å². The number of nitrogens with one attached hydrogen (secondary N) is 6. The van der Waals surface area contributed by atoms with Crippen LogP contribution >= 0.6 is 23.2 Å². The van der Waals surface area contributed by atoms with Crippen molar-refractivity contribution in [2.45, 2.75) is 100 Å². The Morgan fingerprint density at radius 3 is 1.44 bits per heavy atom. The average molecular weight is 1290 g/mol. The van der Waals surface area contributed by atoms with E-state index in [1.807, 2.05) is 45.0 Å². The lowest BCUT2D eigenvalue weighted by Gasteiger charge is -2.28. The van der Waals surface area contributed by atoms with Crippen molar-refractivity contribution in [2.75, 3.05) is 121 Å². The summed E-state index contributed by atoms with van der Waals surface area (Å²) in [6.07, 6.45) is -2.26. The predicted molar refractivity (Wildman–Crippen MR) is 323 cm³/mol. The van der Waals surface area contributed by atoms with Gasteiger partial charge in [0.1, 0.15) is 29.5 Å². The number of ether oxygens (including phenoxy) is 7. The molecule has 4 atom stereocenters. The van der Waals surface area contributed by atoms with Crippen LogP contribution in [0.4, 0.5) is 22.8 Å². The van der Waals surface area contributed by atoms with E-state index >= 15 is 0 Å². The maximum atomic E-state index is 13.0. The van der Waals surface area contributed by atoms with E-state index in [1.165, 1.54) is 23.8 Å². The minimum atomic E-state index is -4.87. The molecule has 2 aliphatic carbocycles. The normalized spacial score (nSPS) is 16.5. The Morgan fingerprint density at radius 1 is 0.558 bits per heavy atom. The van der Waals surface area contributed by atoms with Crippen molar-refractivity contribution in [2.24, 2.45) is 0 Å². The molecule has 0 aliphatic heterocycles. The first kappa shape index (κ1) is 71.5. The maximum absolute atomic E-state index is 13.0. The molecule has 0 aromatic heterocycles. The zero-order chi connectivity index (χ0) is 63.2. The van der Waals surface area contributed by atoms with Crippen molar-refractivity contribution in [1.82, 2.24) is 40.5 Å². The fraction of sp³-hybridized carbons (Fsp3) is 0.552. The fourth-order valence-electron chi connectivity index (χ4n) is 9.50. The minimum Gasteiger partial charge on any atom is -0.484 e. The van der Waals surface area contributed by atoms with Crippen molar-refractivity contribution < 1.29 is 72.8 Å². The predicted octanol–water partition coefficient (Wildman–Crippen LogP) is 7.76. The molecule has 0 spiro atoms. The second kappa shape index (κ2) is 34.5. The number of alkyl halides is 3. The van der Waals surface area contributed by atoms with Crippen LogP contribution in [0.25, 0.3) is 0 Å². The van der Waals surface area contributed by atoms with Crippen LogP contribution in [0.3, 0.4) is 0 Å². The highest BCUT2D eigenvalue weighted by Crippen LogP contribution is 2.45. The zero-order valence-electron chi connectivity index (χ0n) is 50.2. The molecule has 0 heterocycles. The van der Waals surface area contributed by atoms with Gasteiger partial charge in [0.25, 0.3) is 0 Å². The minimum absolute atomic E-state index is 0.0542. The van der Waals surface area contributed by atoms with E-state index in [9.17, 15) is 39.6 Å². The third-order valence-electron chi connectivity index (χ3n) is 13.9. The molecule has 4 aromatic carbocycles. The van der Waals surface area contributed by atoms with E-state index < -0.39 is 32.5 Å². The molecule has 0 radical (unpaired) electrons. The molecule has 6 N–H and O–H groups in total. The second-order valence-electron chi connectivity index (χ2n) is 20.9. The first-order valence-corrected chi connectivity index (χ1v) is 32.0. The first-order valence-electron chi connectivity index (χ1n) is 28.3. The number of amides is 4. The summed E-state index contributed by atoms with van der Waals surface area (Å²) in [6.45, 7) is 11.9. The Hall–Kier alpha value is -5.23. The smallest absolute Gasteiger partial charge is 0.484 e. The van der Waals surface area contributed by atoms with Gasteiger partial charge in [-0.15, -0.1) is 13.2 Å². The van der Waals surface area contributed by atoms with E-state index in [2.05, 4.69) is 47.3 Å². The molecule has 4 aromatic rings. The van der Waals surface area contributed by atoms with Crippen molar-refractivity contribution >= 4 is 55.3 Å². The van der Waals surface area contributed by atoms with E-state index in [1.54, 1.807) is 52.3 Å². The van der Waals surface area contributed by atoms with Gasteiger partial charge in [-0.1, -0.05) is 30.1 Å². The fourth-order valence-corrected chi connectivity index (χ4v) is 12.2. The standard InChI is InChI=1S/C32H49ClN6O7S.C26H34ClF3N2O6S/c1-22-18-24(33)20-27-26(22)21-28(39(4)5)30(27)46-29-9-8-25(19-23(29)2)47(42,43)38-13-15-45-17-16-44-14-12-37-32(41)36-11-7-6-10-35-31(40)34-3;1-5-9-35-11-12-36-10-8-31-39(33,34)19-6-7-23(17(2)13-19)37-25-21-14-18(27)15-24(38-26(28,29)30)20(21)16-22(25)32(3)4/h8-9,18-20,28,30,38H,6-7,10-17,21H2,1-5H3,(H2,34,35,40)(H2,36,37,41);6-7,13-15,22,25,31H,5,8-12,16H2,1-4H3/t28-,30-;22-,25-/m00/s1. The first-order chi connectivity index (χ1) is 40.7. The Balaban J connectivity index is 0.000000319. The highest BCUT2D eigenvalue weighted by atomic mass is 35.5. The molecule has 0 unspecified atom stereocenters. The van der Waals surface area contributed by atoms with Gasteiger partial charge < -0.3 is 64.2 Å². The lowest BCUT2D eigenvalue weighted by Crippen LogP contribution is -2.38. The number of hydrogen-bond donors (Lipinski definition) is 6. The summed E-state index contributed by atoms with van der Waals surface area (Å²) >= 11 is 12.5. The summed E-state index contributed by atoms with van der Waals surface area (Å²) in [5.74, 6) is 0.658. The Labute approximate surface area is 514 Å². The van der Waals surface area contributed by atoms with Gasteiger partial charge in [-0.25, -0.2) is 35.9 Å². The molecule has 21 nitrogen and oxygen atoms in total. The van der Waals surface area contributed by atoms with Crippen LogP contribution in [0.15, 0.2) is 70.5 Å². The Morgan fingerprint density at radius 2 is 0.988 bits per heavy atom. The van der Waals surface area contributed by atoms with Crippen LogP contribution in [-0.4, -0.2) is 178 Å². The van der Waals surface area contributed by atoms with Crippen molar-refractivity contribution in [3.05, 3.63) is 110 Å². The summed E-state index contributed by atoms with van der Waals surface area (Å²) in [7, 11) is 1.67. The van der Waals surface area contributed by atoms with Crippen LogP contribution in [0.1, 0.15) is 77.3 Å². The van der Waals surface area contributed by atoms with E-state index in [0.29, 0.717) is 91.4 Å². The lowest BCUT2D eigenvalue weighted by molar-refractivity contribution is -0.274. The number of urea groups is 2. The van der Waals surface area contributed by atoms with Gasteiger partial charge in [-0.2, -0.15) is 0 Å². The van der Waals surface area contributed by atoms with Gasteiger partial charge >= 0.3 is 18.4 Å². The van der Waals surface area contributed by atoms with Gasteiger partial charge in [0.05, 0.1) is 68.1 Å². The number of carbonyl (C=O) groups excluding carboxylic acids is 2. The summed E-state index contributed by atoms with van der Waals surface area (Å²) in [5.41, 5.74) is 5.54. The Kier molecular flexibility index (Phi) is 28.7. The number of halogens is 5. The SMILES string of the molecule is CCCOCCOCCNS(=O)(=O)c1ccc(O[C@H]2c3cc(Cl)cc(OC(F)(F)F)c3C[C@@H]2N(C)C)c(C)c1.CNC(=O)NCCCCNC(=O)NCCOCCOCCNS(=O)(=O)c1ccc(O[C@H]2c3cc(Cl)cc(C)c3C[C@@H]2N(C)C)c(C)c1. The summed E-state index contributed by atoms with van der Waals surface area (Å²) in [5, 5.41) is 11.3. The highest BCUT2D eigenvalue weighted by Gasteiger charge is 2.42. The molecule has 0 saturated heterocycles. The van der Waals surface area contributed by atoms with Crippen molar-refractivity contribution in [3.63, 3.8) is 0 Å². The van der Waals surface area contributed by atoms with Crippen LogP contribution in [0, 0.1) is 20.8 Å². The molecule has 28 heteroatoms. The zero-order valence-corrected chi connectivity index (χ0v) is 53.4. The molecule has 86 heavy (non-hydrogen) atoms. The molecule has 2 aliphatic rings. The van der Waals surface area contributed by atoms with Crippen LogP contribution in [0.5, 0.6) is 17.2 Å². The Bertz CT molecular complexity index is 3080. The number of carbonyl (C=O) groups is 2. The van der Waals surface area contributed by atoms with E-state index in [4.69, 9.17) is 51.6 Å². The number of nitrogens with zero attached hydrogens (tertiary/aromatic N) is 2. The average Bonchev–Trinajstić information content (AvgIpc) is 1.81. The lowest BCUT2D eigenvalue weighted by atomic mass is 10.0. The topological polar surface area (TPSA) is 246 Å². The number of sulfonamides is 2. The second-order valence-corrected chi connectivity index (χ2v) is 25.3. The third-order valence-corrected chi connectivity index (χ3v) is 17.2. The molecular formula is C58H83Cl2F3N8O13S2. The summed E-state index contributed by atoms with van der Waals surface area (Å²) < 4.78 is 134. The monoisotopic (exact) mass is 1290 g/mol. The van der Waals surface area contributed by atoms with Crippen LogP contribution < -0.4 is 44.9 Å². The quantitative estimate of drug-likeness (QED) is 0.0250. The number of likely N-dealkylation sites (N-methyl/N-ethyl adjacent to an activating group) is 2. The summed E-state index contributed by atoms with van der Waals surface area (Å²) in [6, 6.07) is 15.2. The number of rotatable bonds is 33. The molecule has 480 valence electrons. The largest absolute Gasteiger partial charge is 0.573 e. The van der Waals surface area contributed by atoms with Gasteiger partial charge in [0, 0.05) is 67.6 Å². The highest BCUT2D eigenvalue weighted by molar-refractivity contribution is 7.89.